The van der Waals surface area contributed by atoms with Crippen LogP contribution in [0.1, 0.15) is 18.4 Å². The summed E-state index contributed by atoms with van der Waals surface area (Å²) >= 11 is 7.15. The molecule has 1 aromatic carbocycles. The fourth-order valence-electron chi connectivity index (χ4n) is 1.44. The summed E-state index contributed by atoms with van der Waals surface area (Å²) in [7, 11) is 0. The lowest BCUT2D eigenvalue weighted by Gasteiger charge is -2.11. The highest BCUT2D eigenvalue weighted by Gasteiger charge is 2.21. The number of nitrogens with one attached hydrogen (secondary N) is 1. The second kappa shape index (κ2) is 4.23. The lowest BCUT2D eigenvalue weighted by atomic mass is 10.2. The Kier molecular flexibility index (Phi) is 3.17. The van der Waals surface area contributed by atoms with Crippen molar-refractivity contribution in [2.45, 2.75) is 19.8 Å². The molecule has 1 aliphatic carbocycles. The molecule has 3 heteroatoms. The molecule has 1 fully saturated rings. The maximum Gasteiger partial charge on any atom is 0.0629 e. The van der Waals surface area contributed by atoms with Gasteiger partial charge in [0.25, 0.3) is 0 Å². The highest BCUT2D eigenvalue weighted by Crippen LogP contribution is 2.34. The van der Waals surface area contributed by atoms with Crippen LogP contribution in [0.15, 0.2) is 21.1 Å². The highest BCUT2D eigenvalue weighted by molar-refractivity contribution is 9.11. The number of rotatable bonds is 3. The standard InChI is InChI=1S/C11H13Br2N/c1-7-4-9(12)11(10(13)5-7)14-6-8-2-3-8/h4-5,8,14H,2-3,6H2,1H3. The van der Waals surface area contributed by atoms with Crippen molar-refractivity contribution in [3.8, 4) is 0 Å². The van der Waals surface area contributed by atoms with Crippen molar-refractivity contribution in [1.82, 2.24) is 0 Å². The van der Waals surface area contributed by atoms with Crippen molar-refractivity contribution in [3.05, 3.63) is 26.6 Å². The van der Waals surface area contributed by atoms with Crippen molar-refractivity contribution in [1.29, 1.82) is 0 Å². The number of hydrogen-bond acceptors (Lipinski definition) is 1. The van der Waals surface area contributed by atoms with Crippen LogP contribution >= 0.6 is 31.9 Å². The summed E-state index contributed by atoms with van der Waals surface area (Å²) in [4.78, 5) is 0. The van der Waals surface area contributed by atoms with E-state index in [0.29, 0.717) is 0 Å². The Morgan fingerprint density at radius 1 is 1.29 bits per heavy atom. The van der Waals surface area contributed by atoms with Gasteiger partial charge in [-0.2, -0.15) is 0 Å². The van der Waals surface area contributed by atoms with Gasteiger partial charge < -0.3 is 5.32 Å². The fourth-order valence-corrected chi connectivity index (χ4v) is 3.13. The van der Waals surface area contributed by atoms with Crippen LogP contribution < -0.4 is 5.32 Å². The van der Waals surface area contributed by atoms with E-state index in [1.165, 1.54) is 24.1 Å². The molecule has 2 rings (SSSR count). The van der Waals surface area contributed by atoms with Crippen LogP contribution in [0, 0.1) is 12.8 Å². The van der Waals surface area contributed by atoms with E-state index in [2.05, 4.69) is 56.2 Å². The van der Waals surface area contributed by atoms with Gasteiger partial charge in [0.05, 0.1) is 5.69 Å². The first-order valence-electron chi connectivity index (χ1n) is 4.86. The minimum atomic E-state index is 0.898. The van der Waals surface area contributed by atoms with E-state index in [1.54, 1.807) is 0 Å². The summed E-state index contributed by atoms with van der Waals surface area (Å²) in [6.07, 6.45) is 2.77. The van der Waals surface area contributed by atoms with Crippen LogP contribution in [0.4, 0.5) is 5.69 Å². The Morgan fingerprint density at radius 2 is 1.86 bits per heavy atom. The Morgan fingerprint density at radius 3 is 2.36 bits per heavy atom. The van der Waals surface area contributed by atoms with Gasteiger partial charge >= 0.3 is 0 Å². The van der Waals surface area contributed by atoms with Gasteiger partial charge in [-0.25, -0.2) is 0 Å². The van der Waals surface area contributed by atoms with E-state index < -0.39 is 0 Å². The van der Waals surface area contributed by atoms with Crippen molar-refractivity contribution in [2.24, 2.45) is 5.92 Å². The Hall–Kier alpha value is -0.0200. The molecule has 0 saturated heterocycles. The monoisotopic (exact) mass is 317 g/mol. The minimum absolute atomic E-state index is 0.898. The highest BCUT2D eigenvalue weighted by atomic mass is 79.9. The topological polar surface area (TPSA) is 12.0 Å². The lowest BCUT2D eigenvalue weighted by molar-refractivity contribution is 0.888. The van der Waals surface area contributed by atoms with Crippen LogP contribution in [0.2, 0.25) is 0 Å². The maximum absolute atomic E-state index is 3.58. The minimum Gasteiger partial charge on any atom is -0.383 e. The molecular formula is C11H13Br2N. The van der Waals surface area contributed by atoms with E-state index in [-0.39, 0.29) is 0 Å². The van der Waals surface area contributed by atoms with E-state index in [1.807, 2.05) is 0 Å². The third kappa shape index (κ3) is 2.51. The smallest absolute Gasteiger partial charge is 0.0629 e. The summed E-state index contributed by atoms with van der Waals surface area (Å²) in [6.45, 7) is 3.19. The molecule has 0 heterocycles. The van der Waals surface area contributed by atoms with Gasteiger partial charge in [-0.3, -0.25) is 0 Å². The molecule has 0 bridgehead atoms. The van der Waals surface area contributed by atoms with Crippen molar-refractivity contribution in [2.75, 3.05) is 11.9 Å². The normalized spacial score (nSPS) is 15.6. The van der Waals surface area contributed by atoms with E-state index >= 15 is 0 Å². The Bertz CT molecular complexity index is 322. The molecule has 1 saturated carbocycles. The van der Waals surface area contributed by atoms with Crippen LogP contribution in [0.3, 0.4) is 0 Å². The number of halogens is 2. The summed E-state index contributed by atoms with van der Waals surface area (Å²) in [6, 6.07) is 4.28. The predicted octanol–water partition coefficient (Wildman–Crippen LogP) is 4.34. The van der Waals surface area contributed by atoms with Gasteiger partial charge in [-0.05, 0) is 75.2 Å². The Balaban J connectivity index is 2.13. The van der Waals surface area contributed by atoms with Crippen molar-refractivity contribution >= 4 is 37.5 Å². The SMILES string of the molecule is Cc1cc(Br)c(NCC2CC2)c(Br)c1. The molecule has 76 valence electrons. The third-order valence-corrected chi connectivity index (χ3v) is 3.70. The summed E-state index contributed by atoms with van der Waals surface area (Å²) < 4.78 is 2.29. The van der Waals surface area contributed by atoms with Crippen LogP contribution in [0.25, 0.3) is 0 Å². The Labute approximate surface area is 102 Å². The molecule has 0 aliphatic heterocycles. The summed E-state index contributed by atoms with van der Waals surface area (Å²) in [5, 5.41) is 3.48. The zero-order chi connectivity index (χ0) is 10.1. The molecule has 0 spiro atoms. The average Bonchev–Trinajstić information content (AvgIpc) is 2.85. The second-order valence-electron chi connectivity index (χ2n) is 3.93. The van der Waals surface area contributed by atoms with Crippen molar-refractivity contribution in [3.63, 3.8) is 0 Å². The lowest BCUT2D eigenvalue weighted by Crippen LogP contribution is -2.04. The molecule has 14 heavy (non-hydrogen) atoms. The zero-order valence-corrected chi connectivity index (χ0v) is 11.3. The first-order valence-corrected chi connectivity index (χ1v) is 6.45. The number of anilines is 1. The largest absolute Gasteiger partial charge is 0.383 e. The number of aryl methyl sites for hydroxylation is 1. The molecule has 0 amide bonds. The maximum atomic E-state index is 3.58. The van der Waals surface area contributed by atoms with Gasteiger partial charge in [0, 0.05) is 15.5 Å². The molecular weight excluding hydrogens is 306 g/mol. The molecule has 0 atom stereocenters. The van der Waals surface area contributed by atoms with Gasteiger partial charge in [0.1, 0.15) is 0 Å². The van der Waals surface area contributed by atoms with Crippen LogP contribution in [-0.2, 0) is 0 Å². The fraction of sp³-hybridized carbons (Fsp3) is 0.455. The zero-order valence-electron chi connectivity index (χ0n) is 8.11. The van der Waals surface area contributed by atoms with Gasteiger partial charge in [0.15, 0.2) is 0 Å². The third-order valence-electron chi connectivity index (χ3n) is 2.45. The summed E-state index contributed by atoms with van der Waals surface area (Å²) in [5.74, 6) is 0.898. The van der Waals surface area contributed by atoms with Gasteiger partial charge in [0.2, 0.25) is 0 Å². The van der Waals surface area contributed by atoms with Crippen molar-refractivity contribution < 1.29 is 0 Å². The van der Waals surface area contributed by atoms with Crippen LogP contribution in [0.5, 0.6) is 0 Å². The van der Waals surface area contributed by atoms with E-state index in [9.17, 15) is 0 Å². The van der Waals surface area contributed by atoms with Crippen LogP contribution in [-0.4, -0.2) is 6.54 Å². The molecule has 0 aromatic heterocycles. The second-order valence-corrected chi connectivity index (χ2v) is 5.64. The van der Waals surface area contributed by atoms with E-state index in [0.717, 1.165) is 21.4 Å². The first-order chi connectivity index (χ1) is 6.66. The molecule has 1 aromatic rings. The quantitative estimate of drug-likeness (QED) is 0.874. The van der Waals surface area contributed by atoms with E-state index in [4.69, 9.17) is 0 Å². The summed E-state index contributed by atoms with van der Waals surface area (Å²) in [5.41, 5.74) is 2.45. The number of benzene rings is 1. The molecule has 1 nitrogen and oxygen atoms in total. The first kappa shape index (κ1) is 10.5. The number of hydrogen-bond donors (Lipinski definition) is 1. The molecule has 0 radical (unpaired) electrons. The van der Waals surface area contributed by atoms with Gasteiger partial charge in [-0.15, -0.1) is 0 Å². The molecule has 1 aliphatic rings. The van der Waals surface area contributed by atoms with Gasteiger partial charge in [-0.1, -0.05) is 0 Å². The predicted molar refractivity (Wildman–Crippen MR) is 67.8 cm³/mol. The average molecular weight is 319 g/mol. The molecule has 0 unspecified atom stereocenters. The molecule has 1 N–H and O–H groups in total.